The van der Waals surface area contributed by atoms with E-state index in [1.165, 1.54) is 12.1 Å². The van der Waals surface area contributed by atoms with Crippen LogP contribution in [0.25, 0.3) is 0 Å². The lowest BCUT2D eigenvalue weighted by atomic mass is 9.97. The van der Waals surface area contributed by atoms with Gasteiger partial charge in [-0.3, -0.25) is 14.9 Å². The van der Waals surface area contributed by atoms with E-state index in [9.17, 15) is 14.9 Å². The monoisotopic (exact) mass is 425 g/mol. The molecule has 1 fully saturated rings. The number of ether oxygens (including phenoxy) is 2. The van der Waals surface area contributed by atoms with Gasteiger partial charge in [0, 0.05) is 38.8 Å². The van der Waals surface area contributed by atoms with Gasteiger partial charge in [0.1, 0.15) is 13.2 Å². The molecule has 1 amide bonds. The van der Waals surface area contributed by atoms with E-state index in [2.05, 4.69) is 11.8 Å². The van der Waals surface area contributed by atoms with Crippen molar-refractivity contribution in [2.24, 2.45) is 5.92 Å². The zero-order valence-corrected chi connectivity index (χ0v) is 17.9. The minimum atomic E-state index is -0.459. The van der Waals surface area contributed by atoms with Crippen molar-refractivity contribution in [2.45, 2.75) is 26.3 Å². The molecule has 2 aliphatic rings. The van der Waals surface area contributed by atoms with E-state index < -0.39 is 4.92 Å². The SMILES string of the molecule is CC1CCN(c2ccc([N+](=O)[O-])cc2C(=O)N(C)Cc2ccc3c(c2)OCCO3)CC1. The van der Waals surface area contributed by atoms with Crippen molar-refractivity contribution in [1.82, 2.24) is 4.90 Å². The van der Waals surface area contributed by atoms with Crippen molar-refractivity contribution in [2.75, 3.05) is 38.3 Å². The lowest BCUT2D eigenvalue weighted by Crippen LogP contribution is -2.35. The van der Waals surface area contributed by atoms with Crippen LogP contribution in [-0.2, 0) is 6.54 Å². The van der Waals surface area contributed by atoms with Crippen molar-refractivity contribution in [3.8, 4) is 11.5 Å². The van der Waals surface area contributed by atoms with E-state index in [0.717, 1.165) is 37.2 Å². The molecule has 1 saturated heterocycles. The average Bonchev–Trinajstić information content (AvgIpc) is 2.78. The predicted molar refractivity (Wildman–Crippen MR) is 117 cm³/mol. The molecule has 0 aliphatic carbocycles. The molecule has 0 spiro atoms. The molecule has 8 heteroatoms. The molecule has 0 atom stereocenters. The molecule has 0 aromatic heterocycles. The van der Waals surface area contributed by atoms with Crippen molar-refractivity contribution < 1.29 is 19.2 Å². The van der Waals surface area contributed by atoms with Gasteiger partial charge in [-0.2, -0.15) is 0 Å². The van der Waals surface area contributed by atoms with Crippen LogP contribution in [0.3, 0.4) is 0 Å². The molecule has 4 rings (SSSR count). The summed E-state index contributed by atoms with van der Waals surface area (Å²) in [7, 11) is 1.71. The molecular weight excluding hydrogens is 398 g/mol. The number of hydrogen-bond acceptors (Lipinski definition) is 6. The number of hydrogen-bond donors (Lipinski definition) is 0. The second kappa shape index (κ2) is 8.83. The first kappa shape index (κ1) is 21.0. The summed E-state index contributed by atoms with van der Waals surface area (Å²) in [4.78, 5) is 28.0. The Kier molecular flexibility index (Phi) is 5.97. The Morgan fingerprint density at radius 1 is 1.13 bits per heavy atom. The molecule has 8 nitrogen and oxygen atoms in total. The Morgan fingerprint density at radius 2 is 1.84 bits per heavy atom. The van der Waals surface area contributed by atoms with Crippen molar-refractivity contribution >= 4 is 17.3 Å². The fraction of sp³-hybridized carbons (Fsp3) is 0.435. The molecule has 2 aliphatic heterocycles. The lowest BCUT2D eigenvalue weighted by molar-refractivity contribution is -0.384. The molecule has 2 aromatic carbocycles. The van der Waals surface area contributed by atoms with E-state index in [1.54, 1.807) is 18.0 Å². The number of anilines is 1. The highest BCUT2D eigenvalue weighted by Gasteiger charge is 2.25. The topological polar surface area (TPSA) is 85.2 Å². The van der Waals surface area contributed by atoms with Crippen LogP contribution in [0, 0.1) is 16.0 Å². The van der Waals surface area contributed by atoms with Crippen LogP contribution in [0.15, 0.2) is 36.4 Å². The molecule has 0 N–H and O–H groups in total. The zero-order chi connectivity index (χ0) is 22.0. The summed E-state index contributed by atoms with van der Waals surface area (Å²) in [6, 6.07) is 10.2. The number of non-ortho nitro benzene ring substituents is 1. The van der Waals surface area contributed by atoms with E-state index >= 15 is 0 Å². The van der Waals surface area contributed by atoms with Gasteiger partial charge >= 0.3 is 0 Å². The highest BCUT2D eigenvalue weighted by atomic mass is 16.6. The molecule has 164 valence electrons. The summed E-state index contributed by atoms with van der Waals surface area (Å²) in [5.74, 6) is 1.77. The summed E-state index contributed by atoms with van der Waals surface area (Å²) in [5, 5.41) is 11.3. The number of fused-ring (bicyclic) bond motifs is 1. The van der Waals surface area contributed by atoms with E-state index in [1.807, 2.05) is 18.2 Å². The Morgan fingerprint density at radius 3 is 2.55 bits per heavy atom. The average molecular weight is 425 g/mol. The summed E-state index contributed by atoms with van der Waals surface area (Å²) in [5.41, 5.74) is 1.95. The molecule has 2 heterocycles. The minimum absolute atomic E-state index is 0.0785. The standard InChI is InChI=1S/C23H27N3O5/c1-16-7-9-25(10-8-16)20-5-4-18(26(28)29)14-19(20)23(27)24(2)15-17-3-6-21-22(13-17)31-12-11-30-21/h3-6,13-14,16H,7-12,15H2,1-2H3. The van der Waals surface area contributed by atoms with Crippen molar-refractivity contribution in [1.29, 1.82) is 0 Å². The highest BCUT2D eigenvalue weighted by molar-refractivity contribution is 6.00. The summed E-state index contributed by atoms with van der Waals surface area (Å²) >= 11 is 0. The van der Waals surface area contributed by atoms with Gasteiger partial charge in [-0.25, -0.2) is 0 Å². The highest BCUT2D eigenvalue weighted by Crippen LogP contribution is 2.32. The molecule has 0 saturated carbocycles. The summed E-state index contributed by atoms with van der Waals surface area (Å²) in [6.07, 6.45) is 2.08. The maximum Gasteiger partial charge on any atom is 0.270 e. The number of nitrogens with zero attached hydrogens (tertiary/aromatic N) is 3. The maximum atomic E-state index is 13.4. The van der Waals surface area contributed by atoms with Crippen LogP contribution in [0.4, 0.5) is 11.4 Å². The number of nitro groups is 1. The summed E-state index contributed by atoms with van der Waals surface area (Å²) in [6.45, 7) is 5.28. The second-order valence-electron chi connectivity index (χ2n) is 8.27. The third-order valence-electron chi connectivity index (χ3n) is 5.92. The van der Waals surface area contributed by atoms with Gasteiger partial charge in [0.15, 0.2) is 11.5 Å². The molecule has 31 heavy (non-hydrogen) atoms. The maximum absolute atomic E-state index is 13.4. The number of amides is 1. The second-order valence-corrected chi connectivity index (χ2v) is 8.27. The Balaban J connectivity index is 1.58. The van der Waals surface area contributed by atoms with Gasteiger partial charge in [0.2, 0.25) is 0 Å². The molecule has 0 radical (unpaired) electrons. The molecule has 0 bridgehead atoms. The fourth-order valence-electron chi connectivity index (χ4n) is 4.07. The largest absolute Gasteiger partial charge is 0.486 e. The first-order valence-corrected chi connectivity index (χ1v) is 10.6. The van der Waals surface area contributed by atoms with Crippen LogP contribution < -0.4 is 14.4 Å². The lowest BCUT2D eigenvalue weighted by Gasteiger charge is -2.33. The molecule has 2 aromatic rings. The minimum Gasteiger partial charge on any atom is -0.486 e. The number of nitro benzene ring substituents is 1. The third-order valence-corrected chi connectivity index (χ3v) is 5.92. The van der Waals surface area contributed by atoms with Crippen molar-refractivity contribution in [3.05, 3.63) is 57.6 Å². The number of benzene rings is 2. The zero-order valence-electron chi connectivity index (χ0n) is 17.9. The number of carbonyl (C=O) groups excluding carboxylic acids is 1. The van der Waals surface area contributed by atoms with Crippen LogP contribution >= 0.6 is 0 Å². The van der Waals surface area contributed by atoms with Crippen LogP contribution in [-0.4, -0.2) is 49.1 Å². The van der Waals surface area contributed by atoms with E-state index in [-0.39, 0.29) is 11.6 Å². The fourth-order valence-corrected chi connectivity index (χ4v) is 4.07. The normalized spacial score (nSPS) is 16.1. The van der Waals surface area contributed by atoms with E-state index in [4.69, 9.17) is 9.47 Å². The first-order chi connectivity index (χ1) is 14.9. The Bertz CT molecular complexity index is 985. The van der Waals surface area contributed by atoms with Gasteiger partial charge < -0.3 is 19.3 Å². The third kappa shape index (κ3) is 4.57. The van der Waals surface area contributed by atoms with Crippen LogP contribution in [0.2, 0.25) is 0 Å². The number of carbonyl (C=O) groups is 1. The first-order valence-electron chi connectivity index (χ1n) is 10.6. The van der Waals surface area contributed by atoms with Crippen molar-refractivity contribution in [3.63, 3.8) is 0 Å². The van der Waals surface area contributed by atoms with Crippen LogP contribution in [0.1, 0.15) is 35.7 Å². The summed E-state index contributed by atoms with van der Waals surface area (Å²) < 4.78 is 11.2. The Labute approximate surface area is 181 Å². The quantitative estimate of drug-likeness (QED) is 0.534. The molecular formula is C23H27N3O5. The van der Waals surface area contributed by atoms with Gasteiger partial charge in [-0.05, 0) is 42.5 Å². The smallest absolute Gasteiger partial charge is 0.270 e. The van der Waals surface area contributed by atoms with Gasteiger partial charge in [-0.15, -0.1) is 0 Å². The molecule has 0 unspecified atom stereocenters. The predicted octanol–water partition coefficient (Wildman–Crippen LogP) is 3.87. The number of rotatable bonds is 5. The van der Waals surface area contributed by atoms with Crippen LogP contribution in [0.5, 0.6) is 11.5 Å². The Hall–Kier alpha value is -3.29. The van der Waals surface area contributed by atoms with E-state index in [0.29, 0.717) is 42.7 Å². The van der Waals surface area contributed by atoms with Gasteiger partial charge in [0.05, 0.1) is 16.2 Å². The van der Waals surface area contributed by atoms with Gasteiger partial charge in [0.25, 0.3) is 11.6 Å². The number of piperidine rings is 1. The van der Waals surface area contributed by atoms with Gasteiger partial charge in [-0.1, -0.05) is 13.0 Å².